The Labute approximate surface area is 102 Å². The van der Waals surface area contributed by atoms with Gasteiger partial charge < -0.3 is 4.74 Å². The van der Waals surface area contributed by atoms with Gasteiger partial charge in [0.05, 0.1) is 13.4 Å². The molecule has 2 rings (SSSR count). The molecule has 1 aromatic carbocycles. The Balaban J connectivity index is 2.10. The van der Waals surface area contributed by atoms with Crippen molar-refractivity contribution in [3.8, 4) is 5.75 Å². The number of ether oxygens (including phenoxy) is 1. The summed E-state index contributed by atoms with van der Waals surface area (Å²) < 4.78 is 29.5. The van der Waals surface area contributed by atoms with Gasteiger partial charge >= 0.3 is 0 Å². The highest BCUT2D eigenvalue weighted by atomic mass is 32.2. The molecule has 0 unspecified atom stereocenters. The van der Waals surface area contributed by atoms with E-state index >= 15 is 0 Å². The third-order valence-corrected chi connectivity index (χ3v) is 4.48. The highest BCUT2D eigenvalue weighted by Gasteiger charge is 2.29. The number of sulfonamides is 1. The molecule has 1 aromatic rings. The lowest BCUT2D eigenvalue weighted by Crippen LogP contribution is -2.27. The average Bonchev–Trinajstić information content (AvgIpc) is 2.78. The van der Waals surface area contributed by atoms with Crippen molar-refractivity contribution in [1.82, 2.24) is 4.31 Å². The van der Waals surface area contributed by atoms with Crippen molar-refractivity contribution in [1.29, 1.82) is 0 Å². The Morgan fingerprint density at radius 2 is 1.94 bits per heavy atom. The quantitative estimate of drug-likeness (QED) is 0.821. The molecule has 1 saturated heterocycles. The molecule has 1 fully saturated rings. The van der Waals surface area contributed by atoms with Crippen LogP contribution < -0.4 is 4.74 Å². The van der Waals surface area contributed by atoms with Crippen LogP contribution >= 0.6 is 0 Å². The van der Waals surface area contributed by atoms with Gasteiger partial charge in [-0.3, -0.25) is 0 Å². The van der Waals surface area contributed by atoms with Crippen LogP contribution in [0.4, 0.5) is 0 Å². The van der Waals surface area contributed by atoms with Gasteiger partial charge in [0.25, 0.3) is 0 Å². The van der Waals surface area contributed by atoms with E-state index < -0.39 is 10.0 Å². The third-order valence-electron chi connectivity index (χ3n) is 3.21. The lowest BCUT2D eigenvalue weighted by molar-refractivity contribution is 0.414. The maximum atomic E-state index is 11.4. The van der Waals surface area contributed by atoms with Crippen molar-refractivity contribution in [2.45, 2.75) is 12.3 Å². The standard InChI is InChI=1S/C12H17NO3S/c1-16-12-5-3-10(4-6-12)11-7-8-13(9-11)17(2,14)15/h3-6,11H,7-9H2,1-2H3/t11-/m1/s1. The maximum absolute atomic E-state index is 11.4. The largest absolute Gasteiger partial charge is 0.497 e. The van der Waals surface area contributed by atoms with Crippen LogP contribution in [0.25, 0.3) is 0 Å². The second kappa shape index (κ2) is 4.66. The highest BCUT2D eigenvalue weighted by Crippen LogP contribution is 2.29. The zero-order valence-corrected chi connectivity index (χ0v) is 10.9. The number of hydrogen-bond donors (Lipinski definition) is 0. The minimum Gasteiger partial charge on any atom is -0.497 e. The Kier molecular flexibility index (Phi) is 3.40. The van der Waals surface area contributed by atoms with Crippen LogP contribution in [0.1, 0.15) is 17.9 Å². The summed E-state index contributed by atoms with van der Waals surface area (Å²) in [4.78, 5) is 0. The number of rotatable bonds is 3. The van der Waals surface area contributed by atoms with E-state index in [1.807, 2.05) is 24.3 Å². The van der Waals surface area contributed by atoms with E-state index in [0.29, 0.717) is 19.0 Å². The van der Waals surface area contributed by atoms with Gasteiger partial charge in [0.2, 0.25) is 10.0 Å². The minimum absolute atomic E-state index is 0.302. The van der Waals surface area contributed by atoms with E-state index in [4.69, 9.17) is 4.74 Å². The van der Waals surface area contributed by atoms with Crippen LogP contribution in [0.15, 0.2) is 24.3 Å². The number of hydrogen-bond acceptors (Lipinski definition) is 3. The smallest absolute Gasteiger partial charge is 0.211 e. The highest BCUT2D eigenvalue weighted by molar-refractivity contribution is 7.88. The van der Waals surface area contributed by atoms with Gasteiger partial charge in [-0.25, -0.2) is 12.7 Å². The van der Waals surface area contributed by atoms with E-state index in [1.165, 1.54) is 11.8 Å². The summed E-state index contributed by atoms with van der Waals surface area (Å²) in [6.45, 7) is 1.21. The fourth-order valence-electron chi connectivity index (χ4n) is 2.18. The second-order valence-corrected chi connectivity index (χ2v) is 6.36. The predicted molar refractivity (Wildman–Crippen MR) is 66.8 cm³/mol. The average molecular weight is 255 g/mol. The fraction of sp³-hybridized carbons (Fsp3) is 0.500. The van der Waals surface area contributed by atoms with Crippen molar-refractivity contribution in [2.24, 2.45) is 0 Å². The van der Waals surface area contributed by atoms with Crippen molar-refractivity contribution in [3.63, 3.8) is 0 Å². The summed E-state index contributed by atoms with van der Waals surface area (Å²) in [6, 6.07) is 7.85. The van der Waals surface area contributed by atoms with Crippen molar-refractivity contribution in [2.75, 3.05) is 26.5 Å². The van der Waals surface area contributed by atoms with Crippen LogP contribution in [0.5, 0.6) is 5.75 Å². The molecule has 0 saturated carbocycles. The fourth-order valence-corrected chi connectivity index (χ4v) is 3.07. The summed E-state index contributed by atoms with van der Waals surface area (Å²) >= 11 is 0. The molecule has 0 amide bonds. The van der Waals surface area contributed by atoms with Crippen molar-refractivity contribution in [3.05, 3.63) is 29.8 Å². The van der Waals surface area contributed by atoms with Gasteiger partial charge in [0.15, 0.2) is 0 Å². The van der Waals surface area contributed by atoms with Gasteiger partial charge in [0, 0.05) is 13.1 Å². The van der Waals surface area contributed by atoms with E-state index in [1.54, 1.807) is 11.4 Å². The molecule has 1 aliphatic heterocycles. The summed E-state index contributed by atoms with van der Waals surface area (Å²) in [6.07, 6.45) is 2.16. The first kappa shape index (κ1) is 12.4. The Morgan fingerprint density at radius 3 is 2.41 bits per heavy atom. The van der Waals surface area contributed by atoms with E-state index in [0.717, 1.165) is 12.2 Å². The minimum atomic E-state index is -3.05. The molecule has 94 valence electrons. The molecule has 1 heterocycles. The third kappa shape index (κ3) is 2.79. The number of benzene rings is 1. The predicted octanol–water partition coefficient (Wildman–Crippen LogP) is 1.44. The van der Waals surface area contributed by atoms with E-state index in [-0.39, 0.29) is 0 Å². The summed E-state index contributed by atoms with van der Waals surface area (Å²) in [5.41, 5.74) is 1.18. The molecule has 1 atom stereocenters. The molecule has 0 aromatic heterocycles. The topological polar surface area (TPSA) is 46.6 Å². The molecule has 17 heavy (non-hydrogen) atoms. The summed E-state index contributed by atoms with van der Waals surface area (Å²) in [5.74, 6) is 1.13. The van der Waals surface area contributed by atoms with E-state index in [9.17, 15) is 8.42 Å². The van der Waals surface area contributed by atoms with Crippen LogP contribution in [0.2, 0.25) is 0 Å². The summed E-state index contributed by atoms with van der Waals surface area (Å²) in [5, 5.41) is 0. The molecule has 0 radical (unpaired) electrons. The van der Waals surface area contributed by atoms with Gasteiger partial charge in [-0.15, -0.1) is 0 Å². The lowest BCUT2D eigenvalue weighted by atomic mass is 9.99. The van der Waals surface area contributed by atoms with Crippen LogP contribution in [-0.4, -0.2) is 39.2 Å². The first-order chi connectivity index (χ1) is 8.00. The Morgan fingerprint density at radius 1 is 1.29 bits per heavy atom. The Hall–Kier alpha value is -1.07. The molecule has 0 spiro atoms. The molecule has 0 N–H and O–H groups in total. The zero-order valence-electron chi connectivity index (χ0n) is 10.1. The van der Waals surface area contributed by atoms with E-state index in [2.05, 4.69) is 0 Å². The van der Waals surface area contributed by atoms with Gasteiger partial charge in [-0.2, -0.15) is 0 Å². The molecular formula is C12H17NO3S. The Bertz CT molecular complexity index is 481. The molecular weight excluding hydrogens is 238 g/mol. The molecule has 1 aliphatic rings. The van der Waals surface area contributed by atoms with Gasteiger partial charge in [0.1, 0.15) is 5.75 Å². The van der Waals surface area contributed by atoms with Crippen LogP contribution in [0, 0.1) is 0 Å². The molecule has 4 nitrogen and oxygen atoms in total. The molecule has 0 bridgehead atoms. The van der Waals surface area contributed by atoms with Crippen LogP contribution in [0.3, 0.4) is 0 Å². The number of methoxy groups -OCH3 is 1. The molecule has 5 heteroatoms. The monoisotopic (exact) mass is 255 g/mol. The van der Waals surface area contributed by atoms with Crippen molar-refractivity contribution >= 4 is 10.0 Å². The first-order valence-electron chi connectivity index (χ1n) is 5.60. The van der Waals surface area contributed by atoms with Crippen molar-refractivity contribution < 1.29 is 13.2 Å². The van der Waals surface area contributed by atoms with Gasteiger partial charge in [-0.1, -0.05) is 12.1 Å². The molecule has 0 aliphatic carbocycles. The SMILES string of the molecule is COc1ccc([C@@H]2CCN(S(C)(=O)=O)C2)cc1. The zero-order chi connectivity index (χ0) is 12.5. The second-order valence-electron chi connectivity index (χ2n) is 4.38. The maximum Gasteiger partial charge on any atom is 0.211 e. The number of nitrogens with zero attached hydrogens (tertiary/aromatic N) is 1. The summed E-state index contributed by atoms with van der Waals surface area (Å²) in [7, 11) is -1.41. The van der Waals surface area contributed by atoms with Gasteiger partial charge in [-0.05, 0) is 30.0 Å². The first-order valence-corrected chi connectivity index (χ1v) is 7.44. The van der Waals surface area contributed by atoms with Crippen LogP contribution in [-0.2, 0) is 10.0 Å². The lowest BCUT2D eigenvalue weighted by Gasteiger charge is -2.13. The normalized spacial score (nSPS) is 21.6.